The zero-order valence-electron chi connectivity index (χ0n) is 18.3. The Labute approximate surface area is 184 Å². The quantitative estimate of drug-likeness (QED) is 0.643. The number of amides is 1. The van der Waals surface area contributed by atoms with Gasteiger partial charge in [0.15, 0.2) is 5.82 Å². The molecule has 6 nitrogen and oxygen atoms in total. The van der Waals surface area contributed by atoms with Crippen LogP contribution in [0.2, 0.25) is 0 Å². The predicted octanol–water partition coefficient (Wildman–Crippen LogP) is 4.06. The first kappa shape index (κ1) is 20.1. The molecule has 0 spiro atoms. The molecule has 5 rings (SSSR count). The Morgan fingerprint density at radius 1 is 0.968 bits per heavy atom. The lowest BCUT2D eigenvalue weighted by atomic mass is 9.99. The van der Waals surface area contributed by atoms with Crippen LogP contribution in [-0.4, -0.2) is 62.3 Å². The second-order valence-electron chi connectivity index (χ2n) is 8.84. The number of carbonyl (C=O) groups is 1. The molecular weight excluding hydrogens is 386 g/mol. The molecule has 4 heterocycles. The Kier molecular flexibility index (Phi) is 5.64. The van der Waals surface area contributed by atoms with E-state index in [9.17, 15) is 4.79 Å². The Balaban J connectivity index is 1.39. The monoisotopic (exact) mass is 417 g/mol. The lowest BCUT2D eigenvalue weighted by Crippen LogP contribution is -2.48. The van der Waals surface area contributed by atoms with Gasteiger partial charge < -0.3 is 14.4 Å². The molecule has 1 amide bonds. The van der Waals surface area contributed by atoms with Crippen LogP contribution in [0.3, 0.4) is 0 Å². The normalized spacial score (nSPS) is 18.4. The molecule has 2 aromatic heterocycles. The zero-order valence-corrected chi connectivity index (χ0v) is 18.3. The van der Waals surface area contributed by atoms with Crippen molar-refractivity contribution in [3.8, 4) is 11.5 Å². The summed E-state index contributed by atoms with van der Waals surface area (Å²) in [5.41, 5.74) is 2.79. The highest BCUT2D eigenvalue weighted by atomic mass is 16.2. The van der Waals surface area contributed by atoms with Crippen molar-refractivity contribution in [3.63, 3.8) is 0 Å². The van der Waals surface area contributed by atoms with E-state index < -0.39 is 0 Å². The summed E-state index contributed by atoms with van der Waals surface area (Å²) in [6, 6.07) is 12.8. The largest absolute Gasteiger partial charge is 0.338 e. The summed E-state index contributed by atoms with van der Waals surface area (Å²) in [4.78, 5) is 18.2. The number of likely N-dealkylation sites (tertiary alicyclic amines) is 2. The summed E-state index contributed by atoms with van der Waals surface area (Å²) in [6.07, 6.45) is 11.8. The third-order valence-corrected chi connectivity index (χ3v) is 6.73. The fourth-order valence-corrected chi connectivity index (χ4v) is 5.05. The third-order valence-electron chi connectivity index (χ3n) is 6.73. The van der Waals surface area contributed by atoms with Gasteiger partial charge in [0.25, 0.3) is 5.91 Å². The van der Waals surface area contributed by atoms with E-state index in [2.05, 4.69) is 29.1 Å². The number of hydrogen-bond donors (Lipinski definition) is 0. The maximum absolute atomic E-state index is 13.6. The lowest BCUT2D eigenvalue weighted by Gasteiger charge is -2.40. The first-order valence-electron chi connectivity index (χ1n) is 11.5. The molecule has 31 heavy (non-hydrogen) atoms. The molecule has 0 bridgehead atoms. The molecule has 2 aliphatic heterocycles. The van der Waals surface area contributed by atoms with E-state index in [-0.39, 0.29) is 5.91 Å². The number of hydrogen-bond acceptors (Lipinski definition) is 3. The van der Waals surface area contributed by atoms with E-state index >= 15 is 0 Å². The molecule has 0 N–H and O–H groups in total. The lowest BCUT2D eigenvalue weighted by molar-refractivity contribution is 0.0590. The number of benzene rings is 1. The van der Waals surface area contributed by atoms with Gasteiger partial charge in [-0.15, -0.1) is 0 Å². The van der Waals surface area contributed by atoms with Crippen molar-refractivity contribution in [3.05, 3.63) is 66.1 Å². The van der Waals surface area contributed by atoms with E-state index in [1.165, 1.54) is 37.9 Å². The highest BCUT2D eigenvalue weighted by molar-refractivity contribution is 5.97. The average molecular weight is 418 g/mol. The van der Waals surface area contributed by atoms with Crippen LogP contribution in [0, 0.1) is 6.92 Å². The fraction of sp³-hybridized carbons (Fsp3) is 0.440. The SMILES string of the molecule is Cc1cccc(-n2ncc(C(=O)N3CCC(N4CCCCC4)CC3)c2-n2cccc2)c1. The van der Waals surface area contributed by atoms with Gasteiger partial charge in [0.2, 0.25) is 0 Å². The molecule has 6 heteroatoms. The minimum Gasteiger partial charge on any atom is -0.338 e. The smallest absolute Gasteiger partial charge is 0.259 e. The first-order chi connectivity index (χ1) is 15.2. The molecule has 2 fully saturated rings. The highest BCUT2D eigenvalue weighted by Gasteiger charge is 2.30. The van der Waals surface area contributed by atoms with Crippen molar-refractivity contribution in [2.75, 3.05) is 26.2 Å². The van der Waals surface area contributed by atoms with Crippen molar-refractivity contribution in [1.82, 2.24) is 24.1 Å². The van der Waals surface area contributed by atoms with Crippen LogP contribution in [0.4, 0.5) is 0 Å². The summed E-state index contributed by atoms with van der Waals surface area (Å²) in [6.45, 7) is 6.15. The third kappa shape index (κ3) is 4.04. The minimum absolute atomic E-state index is 0.0831. The molecule has 3 aromatic rings. The second kappa shape index (κ2) is 8.71. The number of nitrogens with zero attached hydrogens (tertiary/aromatic N) is 5. The summed E-state index contributed by atoms with van der Waals surface area (Å²) in [5, 5.41) is 4.63. The van der Waals surface area contributed by atoms with Crippen molar-refractivity contribution < 1.29 is 4.79 Å². The van der Waals surface area contributed by atoms with Gasteiger partial charge in [-0.1, -0.05) is 18.6 Å². The molecule has 0 saturated carbocycles. The average Bonchev–Trinajstić information content (AvgIpc) is 3.49. The second-order valence-corrected chi connectivity index (χ2v) is 8.84. The summed E-state index contributed by atoms with van der Waals surface area (Å²) in [5.74, 6) is 0.887. The van der Waals surface area contributed by atoms with Crippen LogP contribution in [0.1, 0.15) is 48.0 Å². The Hall–Kier alpha value is -2.86. The Morgan fingerprint density at radius 2 is 1.71 bits per heavy atom. The molecule has 2 saturated heterocycles. The number of aryl methyl sites for hydroxylation is 1. The molecule has 0 atom stereocenters. The number of carbonyl (C=O) groups excluding carboxylic acids is 1. The van der Waals surface area contributed by atoms with Gasteiger partial charge in [0.1, 0.15) is 5.56 Å². The topological polar surface area (TPSA) is 46.3 Å². The van der Waals surface area contributed by atoms with Gasteiger partial charge in [0.05, 0.1) is 11.9 Å². The van der Waals surface area contributed by atoms with Gasteiger partial charge in [-0.3, -0.25) is 4.79 Å². The maximum Gasteiger partial charge on any atom is 0.259 e. The number of piperidine rings is 2. The van der Waals surface area contributed by atoms with Crippen molar-refractivity contribution in [1.29, 1.82) is 0 Å². The van der Waals surface area contributed by atoms with Crippen molar-refractivity contribution in [2.24, 2.45) is 0 Å². The minimum atomic E-state index is 0.0831. The Morgan fingerprint density at radius 3 is 2.42 bits per heavy atom. The number of aromatic nitrogens is 3. The van der Waals surface area contributed by atoms with Gasteiger partial charge in [0, 0.05) is 31.5 Å². The van der Waals surface area contributed by atoms with Crippen LogP contribution < -0.4 is 0 Å². The van der Waals surface area contributed by atoms with E-state index in [1.807, 2.05) is 50.8 Å². The van der Waals surface area contributed by atoms with E-state index in [0.29, 0.717) is 11.6 Å². The standard InChI is InChI=1S/C25H31N5O/c1-20-8-7-9-22(18-20)30-24(28-14-5-6-15-28)23(19-26-30)25(31)29-16-10-21(11-17-29)27-12-3-2-4-13-27/h5-9,14-15,18-19,21H,2-4,10-13,16-17H2,1H3. The molecule has 2 aliphatic rings. The van der Waals surface area contributed by atoms with Crippen LogP contribution in [0.5, 0.6) is 0 Å². The maximum atomic E-state index is 13.6. The summed E-state index contributed by atoms with van der Waals surface area (Å²) in [7, 11) is 0. The van der Waals surface area contributed by atoms with Crippen molar-refractivity contribution in [2.45, 2.75) is 45.1 Å². The van der Waals surface area contributed by atoms with Crippen molar-refractivity contribution >= 4 is 5.91 Å². The molecule has 0 aliphatic carbocycles. The van der Waals surface area contributed by atoms with E-state index in [1.54, 1.807) is 6.20 Å². The molecule has 0 radical (unpaired) electrons. The highest BCUT2D eigenvalue weighted by Crippen LogP contribution is 2.25. The fourth-order valence-electron chi connectivity index (χ4n) is 5.05. The van der Waals surface area contributed by atoms with Gasteiger partial charge in [-0.25, -0.2) is 4.68 Å². The van der Waals surface area contributed by atoms with Crippen LogP contribution in [0.25, 0.3) is 11.5 Å². The van der Waals surface area contributed by atoms with Crippen LogP contribution in [0.15, 0.2) is 55.0 Å². The number of rotatable bonds is 4. The van der Waals surface area contributed by atoms with Gasteiger partial charge >= 0.3 is 0 Å². The van der Waals surface area contributed by atoms with Gasteiger partial charge in [-0.2, -0.15) is 5.10 Å². The molecule has 162 valence electrons. The predicted molar refractivity (Wildman–Crippen MR) is 122 cm³/mol. The Bertz CT molecular complexity index is 1020. The zero-order chi connectivity index (χ0) is 21.2. The molecule has 1 aromatic carbocycles. The summed E-state index contributed by atoms with van der Waals surface area (Å²) < 4.78 is 3.86. The van der Waals surface area contributed by atoms with E-state index in [4.69, 9.17) is 0 Å². The van der Waals surface area contributed by atoms with Crippen LogP contribution >= 0.6 is 0 Å². The molecule has 0 unspecified atom stereocenters. The summed E-state index contributed by atoms with van der Waals surface area (Å²) >= 11 is 0. The van der Waals surface area contributed by atoms with Gasteiger partial charge in [-0.05, 0) is 75.5 Å². The van der Waals surface area contributed by atoms with E-state index in [0.717, 1.165) is 37.4 Å². The van der Waals surface area contributed by atoms with Crippen LogP contribution in [-0.2, 0) is 0 Å². The first-order valence-corrected chi connectivity index (χ1v) is 11.5. The molecular formula is C25H31N5O.